The highest BCUT2D eigenvalue weighted by Gasteiger charge is 2.31. The number of rotatable bonds is 8. The molecule has 0 spiro atoms. The SMILES string of the molecule is CC.CC.CC.CC.COC(=O)C1=CCC(C(=O)OC)CC1.COC(=O)C1C=CC(C(=O)OC)CC1.COC(=O)C1CCC(C(=O)OC)CC1.COC(=O)c1ccc(C(=O)OC)cc1.[2H]C[3H]. The zero-order valence-corrected chi connectivity index (χ0v) is 42.0. The van der Waals surface area contributed by atoms with E-state index in [1.165, 1.54) is 81.1 Å². The standard InChI is InChI=1S/C10H16O4.2C10H14O4.C10H10O4.4C2H6.CH4/c4*1-13-9(11)7-3-5-8(6-4-7)10(12)14-2;4*1-2;/h7-8H,3-6H2,1-2H3;3,8H,4-6H2,1-2H3;3,5,7-8H,4,6H2,1-2H3;3-6H,1-2H3;4*1-2H3;1H4/i;;;;;;;;1TD. The van der Waals surface area contributed by atoms with Gasteiger partial charge in [0.25, 0.3) is 0 Å². The summed E-state index contributed by atoms with van der Waals surface area (Å²) in [6, 6.07) is 6.05. The quantitative estimate of drug-likeness (QED) is 0.135. The van der Waals surface area contributed by atoms with Gasteiger partial charge in [-0.3, -0.25) is 24.0 Å². The maximum Gasteiger partial charge on any atom is 0.337 e. The predicted molar refractivity (Wildman–Crippen MR) is 250 cm³/mol. The second-order valence-electron chi connectivity index (χ2n) is 12.6. The van der Waals surface area contributed by atoms with Crippen molar-refractivity contribution >= 4 is 47.8 Å². The Labute approximate surface area is 392 Å². The third-order valence-electron chi connectivity index (χ3n) is 9.29. The van der Waals surface area contributed by atoms with Gasteiger partial charge in [0.1, 0.15) is 0 Å². The molecule has 0 aliphatic heterocycles. The van der Waals surface area contributed by atoms with Crippen molar-refractivity contribution in [3.8, 4) is 0 Å². The highest BCUT2D eigenvalue weighted by Crippen LogP contribution is 2.30. The Morgan fingerprint density at radius 1 is 0.462 bits per heavy atom. The summed E-state index contributed by atoms with van der Waals surface area (Å²) >= 11 is 0. The Kier molecular flexibility index (Phi) is 42.9. The molecule has 4 rings (SSSR count). The number of methoxy groups -OCH3 is 8. The van der Waals surface area contributed by atoms with E-state index in [9.17, 15) is 38.4 Å². The van der Waals surface area contributed by atoms with Crippen LogP contribution >= 0.6 is 0 Å². The second kappa shape index (κ2) is 43.7. The lowest BCUT2D eigenvalue weighted by Gasteiger charge is -2.24. The van der Waals surface area contributed by atoms with Crippen molar-refractivity contribution in [3.63, 3.8) is 0 Å². The summed E-state index contributed by atoms with van der Waals surface area (Å²) in [6.45, 7) is 16.0. The van der Waals surface area contributed by atoms with Gasteiger partial charge in [0.2, 0.25) is 0 Å². The second-order valence-corrected chi connectivity index (χ2v) is 12.6. The van der Waals surface area contributed by atoms with Gasteiger partial charge >= 0.3 is 47.8 Å². The van der Waals surface area contributed by atoms with Gasteiger partial charge in [-0.15, -0.1) is 0 Å². The molecule has 65 heavy (non-hydrogen) atoms. The molecule has 0 aromatic heterocycles. The van der Waals surface area contributed by atoms with Crippen molar-refractivity contribution in [2.24, 2.45) is 29.6 Å². The fourth-order valence-electron chi connectivity index (χ4n) is 5.92. The van der Waals surface area contributed by atoms with E-state index in [2.05, 4.69) is 37.9 Å². The molecule has 16 heteroatoms. The number of benzene rings is 1. The number of carbonyl (C=O) groups is 8. The van der Waals surface area contributed by atoms with Crippen LogP contribution in [-0.2, 0) is 66.7 Å². The first-order chi connectivity index (χ1) is 32.2. The van der Waals surface area contributed by atoms with E-state index in [1.54, 1.807) is 18.2 Å². The zero-order valence-electron chi connectivity index (χ0n) is 44.0. The molecule has 3 unspecified atom stereocenters. The fourth-order valence-corrected chi connectivity index (χ4v) is 5.92. The number of hydrogen-bond donors (Lipinski definition) is 0. The first-order valence-corrected chi connectivity index (χ1v) is 21.9. The highest BCUT2D eigenvalue weighted by molar-refractivity contribution is 5.93. The molecule has 1 aromatic carbocycles. The van der Waals surface area contributed by atoms with Crippen LogP contribution in [0, 0.1) is 29.6 Å². The Morgan fingerprint density at radius 2 is 0.754 bits per heavy atom. The summed E-state index contributed by atoms with van der Waals surface area (Å²) in [6.07, 6.45) is 11.2. The van der Waals surface area contributed by atoms with Crippen LogP contribution in [0.25, 0.3) is 0 Å². The van der Waals surface area contributed by atoms with Crippen LogP contribution in [0.5, 0.6) is 0 Å². The third-order valence-corrected chi connectivity index (χ3v) is 9.29. The zero-order chi connectivity index (χ0) is 52.9. The molecule has 16 nitrogen and oxygen atoms in total. The predicted octanol–water partition coefficient (Wildman–Crippen LogP) is 9.11. The average Bonchev–Trinajstić information content (AvgIpc) is 3.42. The van der Waals surface area contributed by atoms with Gasteiger partial charge in [0.15, 0.2) is 0 Å². The number of hydrogen-bond acceptors (Lipinski definition) is 16. The number of ether oxygens (including phenoxy) is 8. The molecular formula is C49H82O16. The molecule has 3 atom stereocenters. The summed E-state index contributed by atoms with van der Waals surface area (Å²) in [4.78, 5) is 88.9. The van der Waals surface area contributed by atoms with Crippen LogP contribution in [0.15, 0.2) is 48.1 Å². The molecule has 0 bridgehead atoms. The van der Waals surface area contributed by atoms with E-state index in [0.717, 1.165) is 25.7 Å². The highest BCUT2D eigenvalue weighted by atomic mass is 16.5. The number of allylic oxidation sites excluding steroid dienone is 1. The number of esters is 8. The minimum atomic E-state index is -0.429. The third kappa shape index (κ3) is 27.4. The van der Waals surface area contributed by atoms with E-state index < -0.39 is 11.9 Å². The molecule has 3 aliphatic carbocycles. The first kappa shape index (κ1) is 63.7. The number of carbonyl (C=O) groups excluding carboxylic acids is 8. The topological polar surface area (TPSA) is 210 Å². The van der Waals surface area contributed by atoms with Crippen molar-refractivity contribution in [1.29, 1.82) is 0 Å². The van der Waals surface area contributed by atoms with Crippen molar-refractivity contribution in [2.45, 2.75) is 121 Å². The lowest BCUT2D eigenvalue weighted by atomic mass is 9.82. The minimum Gasteiger partial charge on any atom is -0.469 e. The van der Waals surface area contributed by atoms with Crippen molar-refractivity contribution in [1.82, 2.24) is 0 Å². The van der Waals surface area contributed by atoms with Gasteiger partial charge in [-0.05, 0) is 82.1 Å². The monoisotopic (exact) mass is 930 g/mol. The maximum absolute atomic E-state index is 11.2. The van der Waals surface area contributed by atoms with Crippen LogP contribution in [0.1, 0.15) is 144 Å². The molecule has 0 amide bonds. The summed E-state index contributed by atoms with van der Waals surface area (Å²) in [7, 11) is 10.6. The van der Waals surface area contributed by atoms with Gasteiger partial charge < -0.3 is 37.9 Å². The smallest absolute Gasteiger partial charge is 0.337 e. The van der Waals surface area contributed by atoms with Gasteiger partial charge in [-0.2, -0.15) is 0 Å². The maximum atomic E-state index is 11.2. The summed E-state index contributed by atoms with van der Waals surface area (Å²) in [5, 5.41) is 0. The van der Waals surface area contributed by atoms with Crippen molar-refractivity contribution < 1.29 is 79.0 Å². The Balaban J connectivity index is -0.000000238. The molecule has 0 heterocycles. The Hall–Kier alpha value is -5.54. The summed E-state index contributed by atoms with van der Waals surface area (Å²) < 4.78 is 48.5. The van der Waals surface area contributed by atoms with Gasteiger partial charge in [-0.1, -0.05) is 81.0 Å². The van der Waals surface area contributed by atoms with Crippen LogP contribution in [0.2, 0.25) is 0 Å². The van der Waals surface area contributed by atoms with E-state index in [1.807, 2.05) is 55.4 Å². The molecule has 1 fully saturated rings. The Morgan fingerprint density at radius 3 is 0.985 bits per heavy atom. The van der Waals surface area contributed by atoms with E-state index in [0.29, 0.717) is 48.8 Å². The van der Waals surface area contributed by atoms with E-state index in [4.69, 9.17) is 2.74 Å². The molecule has 3 aliphatic rings. The Bertz CT molecular complexity index is 1480. The van der Waals surface area contributed by atoms with Crippen molar-refractivity contribution in [2.75, 3.05) is 56.9 Å². The van der Waals surface area contributed by atoms with Crippen LogP contribution in [-0.4, -0.2) is 105 Å². The summed E-state index contributed by atoms with van der Waals surface area (Å²) in [5.74, 6) is -2.74. The normalized spacial score (nSPS) is 18.5. The van der Waals surface area contributed by atoms with Crippen molar-refractivity contribution in [3.05, 3.63) is 59.2 Å². The van der Waals surface area contributed by atoms with Gasteiger partial charge in [0, 0.05) is 8.31 Å². The molecule has 1 aromatic rings. The van der Waals surface area contributed by atoms with Crippen LogP contribution < -0.4 is 0 Å². The fraction of sp³-hybridized carbons (Fsp3) is 0.633. The van der Waals surface area contributed by atoms with Crippen LogP contribution in [0.4, 0.5) is 0 Å². The molecule has 374 valence electrons. The minimum absolute atomic E-state index is 0.0269. The summed E-state index contributed by atoms with van der Waals surface area (Å²) in [5.41, 5.74) is 1.47. The first-order valence-electron chi connectivity index (χ1n) is 23.3. The largest absolute Gasteiger partial charge is 0.469 e. The molecular weight excluding hydrogens is 845 g/mol. The molecule has 0 N–H and O–H groups in total. The molecule has 0 radical (unpaired) electrons. The van der Waals surface area contributed by atoms with Gasteiger partial charge in [0.05, 0.1) is 97.6 Å². The lowest BCUT2D eigenvalue weighted by Crippen LogP contribution is -2.27. The average molecular weight is 930 g/mol. The van der Waals surface area contributed by atoms with E-state index >= 15 is 0 Å². The van der Waals surface area contributed by atoms with Crippen LogP contribution in [0.3, 0.4) is 0 Å². The molecule has 0 saturated heterocycles. The van der Waals surface area contributed by atoms with Gasteiger partial charge in [-0.25, -0.2) is 14.4 Å². The lowest BCUT2D eigenvalue weighted by molar-refractivity contribution is -0.151. The molecule has 1 saturated carbocycles. The van der Waals surface area contributed by atoms with E-state index in [-0.39, 0.29) is 72.8 Å².